The van der Waals surface area contributed by atoms with Gasteiger partial charge >= 0.3 is 11.9 Å². The average Bonchev–Trinajstić information content (AvgIpc) is 3.55. The summed E-state index contributed by atoms with van der Waals surface area (Å²) in [6.45, 7) is 5.20. The second-order valence-electron chi connectivity index (χ2n) is 9.66. The van der Waals surface area contributed by atoms with Gasteiger partial charge in [-0.25, -0.2) is 14.6 Å². The van der Waals surface area contributed by atoms with E-state index in [4.69, 9.17) is 30.2 Å². The highest BCUT2D eigenvalue weighted by Crippen LogP contribution is 2.37. The topological polar surface area (TPSA) is 109 Å². The van der Waals surface area contributed by atoms with E-state index in [-0.39, 0.29) is 17.2 Å². The first-order valence-electron chi connectivity index (χ1n) is 13.0. The number of methoxy groups -OCH3 is 2. The van der Waals surface area contributed by atoms with Gasteiger partial charge in [0.1, 0.15) is 23.3 Å². The zero-order valence-corrected chi connectivity index (χ0v) is 25.0. The van der Waals surface area contributed by atoms with Crippen LogP contribution in [0.15, 0.2) is 80.1 Å². The number of aromatic nitrogens is 1. The van der Waals surface area contributed by atoms with Gasteiger partial charge in [0.05, 0.1) is 41.7 Å². The first-order chi connectivity index (χ1) is 20.1. The van der Waals surface area contributed by atoms with Crippen molar-refractivity contribution < 1.29 is 28.2 Å². The van der Waals surface area contributed by atoms with Gasteiger partial charge in [0.2, 0.25) is 0 Å². The monoisotopic (exact) mass is 606 g/mol. The molecule has 0 saturated heterocycles. The van der Waals surface area contributed by atoms with Gasteiger partial charge < -0.3 is 18.6 Å². The highest BCUT2D eigenvalue weighted by Gasteiger charge is 2.35. The molecule has 0 fully saturated rings. The molecule has 216 valence electrons. The lowest BCUT2D eigenvalue weighted by molar-refractivity contribution is -0.143. The third kappa shape index (κ3) is 5.43. The van der Waals surface area contributed by atoms with E-state index < -0.39 is 18.0 Å². The number of hydrogen-bond donors (Lipinski definition) is 0. The number of nitrogens with zero attached hydrogens (tertiary/aromatic N) is 2. The molecule has 0 radical (unpaired) electrons. The Kier molecular flexibility index (Phi) is 8.20. The molecular weight excluding hydrogens is 580 g/mol. The fraction of sp³-hybridized carbons (Fsp3) is 0.226. The summed E-state index contributed by atoms with van der Waals surface area (Å²) in [5.74, 6) is 0.194. The molecule has 3 heterocycles. The number of hydrogen-bond acceptors (Lipinski definition) is 9. The Morgan fingerprint density at radius 1 is 1.10 bits per heavy atom. The van der Waals surface area contributed by atoms with E-state index in [1.807, 2.05) is 0 Å². The molecular formula is C31H27ClN2O7S. The molecule has 1 aliphatic rings. The smallest absolute Gasteiger partial charge is 0.338 e. The van der Waals surface area contributed by atoms with Gasteiger partial charge in [-0.2, -0.15) is 0 Å². The maximum atomic E-state index is 14.0. The standard InChI is InChI=1S/C31H27ClN2O7S/c1-16(2)40-30(37)26-17(3)33-31-34(27(26)22-14-18(32)10-12-23(22)38-4)28(35)25(42-31)15-19-11-13-24(41-19)20-8-6-7-9-21(20)29(36)39-5/h6-16,27H,1-5H3/b25-15-/t27-/m1/s1. The van der Waals surface area contributed by atoms with Gasteiger partial charge in [-0.3, -0.25) is 9.36 Å². The predicted octanol–water partition coefficient (Wildman–Crippen LogP) is 4.90. The van der Waals surface area contributed by atoms with Gasteiger partial charge in [0.25, 0.3) is 5.56 Å². The molecule has 9 nitrogen and oxygen atoms in total. The number of ether oxygens (including phenoxy) is 3. The zero-order valence-electron chi connectivity index (χ0n) is 23.5. The highest BCUT2D eigenvalue weighted by molar-refractivity contribution is 7.07. The number of carbonyl (C=O) groups is 2. The first kappa shape index (κ1) is 29.1. The summed E-state index contributed by atoms with van der Waals surface area (Å²) in [6.07, 6.45) is 1.22. The summed E-state index contributed by atoms with van der Waals surface area (Å²) >= 11 is 7.52. The van der Waals surface area contributed by atoms with Gasteiger partial charge in [-0.15, -0.1) is 0 Å². The molecule has 4 aromatic rings. The SMILES string of the molecule is COC(=O)c1ccccc1-c1ccc(/C=c2\sc3n(c2=O)[C@H](c2cc(Cl)ccc2OC)C(C(=O)OC(C)C)=C(C)N=3)o1. The predicted molar refractivity (Wildman–Crippen MR) is 158 cm³/mol. The van der Waals surface area contributed by atoms with Crippen molar-refractivity contribution in [1.82, 2.24) is 4.57 Å². The van der Waals surface area contributed by atoms with Crippen LogP contribution in [0.3, 0.4) is 0 Å². The molecule has 0 saturated carbocycles. The fourth-order valence-electron chi connectivity index (χ4n) is 4.76. The molecule has 1 aliphatic heterocycles. The van der Waals surface area contributed by atoms with E-state index in [0.29, 0.717) is 54.0 Å². The molecule has 0 amide bonds. The van der Waals surface area contributed by atoms with Crippen LogP contribution < -0.4 is 19.6 Å². The molecule has 0 aliphatic carbocycles. The van der Waals surface area contributed by atoms with Gasteiger partial charge in [0.15, 0.2) is 4.80 Å². The lowest BCUT2D eigenvalue weighted by Crippen LogP contribution is -2.40. The molecule has 0 N–H and O–H groups in total. The van der Waals surface area contributed by atoms with Gasteiger partial charge in [-0.1, -0.05) is 41.1 Å². The molecule has 5 rings (SSSR count). The van der Waals surface area contributed by atoms with Crippen LogP contribution in [0.2, 0.25) is 5.02 Å². The molecule has 11 heteroatoms. The van der Waals surface area contributed by atoms with Crippen LogP contribution in [-0.4, -0.2) is 36.8 Å². The van der Waals surface area contributed by atoms with Crippen LogP contribution in [0.4, 0.5) is 0 Å². The van der Waals surface area contributed by atoms with E-state index in [1.54, 1.807) is 81.4 Å². The third-order valence-electron chi connectivity index (χ3n) is 6.57. The lowest BCUT2D eigenvalue weighted by atomic mass is 9.95. The molecule has 0 spiro atoms. The normalized spacial score (nSPS) is 14.9. The minimum atomic E-state index is -0.901. The van der Waals surface area contributed by atoms with Crippen molar-refractivity contribution in [3.63, 3.8) is 0 Å². The van der Waals surface area contributed by atoms with Crippen LogP contribution in [0, 0.1) is 0 Å². The Hall–Kier alpha value is -4.41. The van der Waals surface area contributed by atoms with E-state index in [1.165, 1.54) is 18.8 Å². The van der Waals surface area contributed by atoms with Crippen molar-refractivity contribution in [2.24, 2.45) is 4.99 Å². The van der Waals surface area contributed by atoms with Crippen LogP contribution in [0.25, 0.3) is 17.4 Å². The minimum absolute atomic E-state index is 0.211. The Labute approximate surface area is 249 Å². The number of halogens is 1. The number of benzene rings is 2. The van der Waals surface area contributed by atoms with Crippen molar-refractivity contribution in [3.8, 4) is 17.1 Å². The van der Waals surface area contributed by atoms with Crippen molar-refractivity contribution in [1.29, 1.82) is 0 Å². The number of esters is 2. The Morgan fingerprint density at radius 2 is 1.86 bits per heavy atom. The molecule has 2 aromatic carbocycles. The summed E-state index contributed by atoms with van der Waals surface area (Å²) in [4.78, 5) is 44.6. The molecule has 1 atom stereocenters. The van der Waals surface area contributed by atoms with E-state index in [9.17, 15) is 14.4 Å². The summed E-state index contributed by atoms with van der Waals surface area (Å²) in [5.41, 5.74) is 1.67. The van der Waals surface area contributed by atoms with E-state index >= 15 is 0 Å². The number of thiazole rings is 1. The Morgan fingerprint density at radius 3 is 2.57 bits per heavy atom. The maximum Gasteiger partial charge on any atom is 0.338 e. The number of rotatable bonds is 7. The average molecular weight is 607 g/mol. The van der Waals surface area contributed by atoms with Crippen molar-refractivity contribution in [3.05, 3.63) is 107 Å². The Balaban J connectivity index is 1.67. The highest BCUT2D eigenvalue weighted by atomic mass is 35.5. The summed E-state index contributed by atoms with van der Waals surface area (Å²) in [6, 6.07) is 14.5. The van der Waals surface area contributed by atoms with E-state index in [0.717, 1.165) is 11.3 Å². The van der Waals surface area contributed by atoms with Gasteiger partial charge in [-0.05, 0) is 57.2 Å². The molecule has 2 aromatic heterocycles. The molecule has 42 heavy (non-hydrogen) atoms. The van der Waals surface area contributed by atoms with Crippen molar-refractivity contribution >= 4 is 41.0 Å². The number of allylic oxidation sites excluding steroid dienone is 1. The number of furan rings is 1. The fourth-order valence-corrected chi connectivity index (χ4v) is 5.97. The van der Waals surface area contributed by atoms with Crippen molar-refractivity contribution in [2.75, 3.05) is 14.2 Å². The summed E-state index contributed by atoms with van der Waals surface area (Å²) < 4.78 is 23.9. The van der Waals surface area contributed by atoms with Crippen molar-refractivity contribution in [2.45, 2.75) is 32.9 Å². The number of fused-ring (bicyclic) bond motifs is 1. The second-order valence-corrected chi connectivity index (χ2v) is 11.1. The summed E-state index contributed by atoms with van der Waals surface area (Å²) in [5, 5.41) is 0.412. The van der Waals surface area contributed by atoms with Crippen LogP contribution >= 0.6 is 22.9 Å². The van der Waals surface area contributed by atoms with Gasteiger partial charge in [0, 0.05) is 22.2 Å². The minimum Gasteiger partial charge on any atom is -0.496 e. The lowest BCUT2D eigenvalue weighted by Gasteiger charge is -2.26. The largest absolute Gasteiger partial charge is 0.496 e. The van der Waals surface area contributed by atoms with Crippen LogP contribution in [0.5, 0.6) is 5.75 Å². The summed E-state index contributed by atoms with van der Waals surface area (Å²) in [7, 11) is 2.82. The second kappa shape index (κ2) is 11.8. The Bertz CT molecular complexity index is 1920. The first-order valence-corrected chi connectivity index (χ1v) is 14.2. The molecule has 0 bridgehead atoms. The third-order valence-corrected chi connectivity index (χ3v) is 7.79. The quantitative estimate of drug-likeness (QED) is 0.275. The zero-order chi connectivity index (χ0) is 30.1. The van der Waals surface area contributed by atoms with Crippen LogP contribution in [0.1, 0.15) is 48.5 Å². The van der Waals surface area contributed by atoms with E-state index in [2.05, 4.69) is 4.99 Å². The number of carbonyl (C=O) groups excluding carboxylic acids is 2. The molecule has 0 unspecified atom stereocenters. The maximum absolute atomic E-state index is 14.0. The van der Waals surface area contributed by atoms with Crippen LogP contribution in [-0.2, 0) is 14.3 Å².